The predicted octanol–water partition coefficient (Wildman–Crippen LogP) is 10.1. The Hall–Kier alpha value is -4.12. The fraction of sp³-hybridized carbons (Fsp3) is 0.455. The van der Waals surface area contributed by atoms with Gasteiger partial charge >= 0.3 is 5.97 Å². The second-order valence-electron chi connectivity index (χ2n) is 16.1. The van der Waals surface area contributed by atoms with Gasteiger partial charge in [-0.05, 0) is 84.8 Å². The molecule has 5 heteroatoms. The summed E-state index contributed by atoms with van der Waals surface area (Å²) in [5, 5.41) is 9.23. The predicted molar refractivity (Wildman–Crippen MR) is 206 cm³/mol. The minimum Gasteiger partial charge on any atom is -0.481 e. The number of anilines is 2. The Bertz CT molecular complexity index is 1870. The summed E-state index contributed by atoms with van der Waals surface area (Å²) in [5.41, 5.74) is 14.4. The second-order valence-corrected chi connectivity index (χ2v) is 16.1. The van der Waals surface area contributed by atoms with Crippen LogP contribution in [0.4, 0.5) is 17.1 Å². The number of hydrogen-bond acceptors (Lipinski definition) is 3. The topological polar surface area (TPSA) is 46.8 Å². The zero-order chi connectivity index (χ0) is 35.3. The molecule has 3 aromatic rings. The van der Waals surface area contributed by atoms with Crippen LogP contribution in [0.2, 0.25) is 0 Å². The molecule has 0 spiro atoms. The fourth-order valence-electron chi connectivity index (χ4n) is 8.56. The van der Waals surface area contributed by atoms with E-state index in [1.165, 1.54) is 61.9 Å². The van der Waals surface area contributed by atoms with E-state index in [9.17, 15) is 9.90 Å². The van der Waals surface area contributed by atoms with Gasteiger partial charge in [0.05, 0.1) is 5.41 Å². The highest BCUT2D eigenvalue weighted by molar-refractivity contribution is 6.03. The molecule has 0 unspecified atom stereocenters. The number of allylic oxidation sites excluding steroid dienone is 4. The number of aliphatic carboxylic acids is 1. The normalized spacial score (nSPS) is 18.6. The van der Waals surface area contributed by atoms with Gasteiger partial charge in [-0.15, -0.1) is 0 Å². The summed E-state index contributed by atoms with van der Waals surface area (Å²) in [6.07, 6.45) is 12.1. The van der Waals surface area contributed by atoms with Crippen LogP contribution in [0.15, 0.2) is 78.5 Å². The van der Waals surface area contributed by atoms with Gasteiger partial charge in [0.2, 0.25) is 5.69 Å². The van der Waals surface area contributed by atoms with Crippen LogP contribution in [-0.4, -0.2) is 48.5 Å². The quantitative estimate of drug-likeness (QED) is 0.155. The molecule has 1 N–H and O–H groups in total. The van der Waals surface area contributed by atoms with E-state index < -0.39 is 5.97 Å². The van der Waals surface area contributed by atoms with E-state index >= 15 is 0 Å². The number of hydrogen-bond donors (Lipinski definition) is 1. The lowest BCUT2D eigenvalue weighted by Crippen LogP contribution is -2.28. The molecule has 5 nitrogen and oxygen atoms in total. The standard InChI is InChI=1S/C44H55N3O2/c1-10-11-25-46-37-24-23-30(45(8)9)27-35(37)43(4,5)39(46)20-17-21-40-44(6,7)36-28-32-31-18-14-15-19-33(31)42(2,3)34(32)29-38(36)47(40)26-16-12-13-22-41(48)49/h14-15,17-21,23-24,27-29H,10-13,16,22,25-26H2,1-9H3/p+1. The Labute approximate surface area is 294 Å². The maximum Gasteiger partial charge on any atom is 0.303 e. The highest BCUT2D eigenvalue weighted by Crippen LogP contribution is 2.56. The molecule has 0 bridgehead atoms. The van der Waals surface area contributed by atoms with E-state index in [0.29, 0.717) is 6.42 Å². The molecule has 0 saturated heterocycles. The Morgan fingerprint density at radius 1 is 0.816 bits per heavy atom. The van der Waals surface area contributed by atoms with Gasteiger partial charge in [0.1, 0.15) is 6.54 Å². The molecular formula is C44H56N3O2+. The van der Waals surface area contributed by atoms with Crippen LogP contribution in [0.25, 0.3) is 11.1 Å². The molecule has 0 fully saturated rings. The van der Waals surface area contributed by atoms with Crippen LogP contribution in [0.1, 0.15) is 109 Å². The van der Waals surface area contributed by atoms with Crippen molar-refractivity contribution in [2.75, 3.05) is 37.0 Å². The van der Waals surface area contributed by atoms with Gasteiger partial charge in [-0.25, -0.2) is 0 Å². The molecule has 6 rings (SSSR count). The smallest absolute Gasteiger partial charge is 0.303 e. The van der Waals surface area contributed by atoms with E-state index in [1.54, 1.807) is 0 Å². The molecule has 3 aromatic carbocycles. The molecule has 0 amide bonds. The molecule has 0 aromatic heterocycles. The third-order valence-corrected chi connectivity index (χ3v) is 11.5. The molecule has 3 aliphatic rings. The summed E-state index contributed by atoms with van der Waals surface area (Å²) < 4.78 is 2.55. The van der Waals surface area contributed by atoms with Crippen LogP contribution >= 0.6 is 0 Å². The third-order valence-electron chi connectivity index (χ3n) is 11.5. The first-order valence-electron chi connectivity index (χ1n) is 18.3. The number of carboxylic acid groups (broad SMARTS) is 1. The Kier molecular flexibility index (Phi) is 9.19. The van der Waals surface area contributed by atoms with Crippen LogP contribution in [0.5, 0.6) is 0 Å². The van der Waals surface area contributed by atoms with Gasteiger partial charge in [-0.2, -0.15) is 4.58 Å². The first kappa shape index (κ1) is 34.7. The highest BCUT2D eigenvalue weighted by atomic mass is 16.4. The summed E-state index contributed by atoms with van der Waals surface area (Å²) in [6.45, 7) is 18.3. The van der Waals surface area contributed by atoms with Crippen molar-refractivity contribution in [2.45, 2.75) is 103 Å². The monoisotopic (exact) mass is 658 g/mol. The molecule has 0 saturated carbocycles. The lowest BCUT2D eigenvalue weighted by Gasteiger charge is -2.27. The minimum absolute atomic E-state index is 0.0707. The maximum atomic E-state index is 11.2. The second kappa shape index (κ2) is 13.0. The Balaban J connectivity index is 1.41. The van der Waals surface area contributed by atoms with Gasteiger partial charge in [0, 0.05) is 79.1 Å². The van der Waals surface area contributed by atoms with Crippen molar-refractivity contribution in [3.05, 3.63) is 101 Å². The fourth-order valence-corrected chi connectivity index (χ4v) is 8.56. The van der Waals surface area contributed by atoms with Gasteiger partial charge in [-0.1, -0.05) is 77.8 Å². The first-order valence-corrected chi connectivity index (χ1v) is 18.3. The van der Waals surface area contributed by atoms with Crippen LogP contribution in [-0.2, 0) is 21.0 Å². The van der Waals surface area contributed by atoms with Crippen LogP contribution in [0.3, 0.4) is 0 Å². The number of nitrogens with zero attached hydrogens (tertiary/aromatic N) is 3. The first-order chi connectivity index (χ1) is 23.2. The Morgan fingerprint density at radius 2 is 1.57 bits per heavy atom. The number of carbonyl (C=O) groups is 1. The van der Waals surface area contributed by atoms with Gasteiger partial charge < -0.3 is 14.9 Å². The highest BCUT2D eigenvalue weighted by Gasteiger charge is 2.46. The summed E-state index contributed by atoms with van der Waals surface area (Å²) >= 11 is 0. The summed E-state index contributed by atoms with van der Waals surface area (Å²) in [4.78, 5) is 16.0. The maximum absolute atomic E-state index is 11.2. The van der Waals surface area contributed by atoms with E-state index in [2.05, 4.69) is 150 Å². The van der Waals surface area contributed by atoms with Crippen molar-refractivity contribution in [1.29, 1.82) is 0 Å². The van der Waals surface area contributed by atoms with E-state index in [-0.39, 0.29) is 22.7 Å². The van der Waals surface area contributed by atoms with Crippen molar-refractivity contribution >= 4 is 28.7 Å². The van der Waals surface area contributed by atoms with Gasteiger partial charge in [-0.3, -0.25) is 4.79 Å². The van der Waals surface area contributed by atoms with Crippen molar-refractivity contribution < 1.29 is 14.5 Å². The number of carboxylic acids is 1. The zero-order valence-corrected chi connectivity index (χ0v) is 31.3. The molecule has 0 radical (unpaired) electrons. The molecule has 0 atom stereocenters. The molecule has 2 aliphatic heterocycles. The van der Waals surface area contributed by atoms with Gasteiger partial charge in [0.15, 0.2) is 5.71 Å². The Morgan fingerprint density at radius 3 is 2.29 bits per heavy atom. The SMILES string of the molecule is CCCC[N+]1=C(/C=C/C=C2/N(CCCCCC(=O)O)c3cc4c(cc3C2(C)C)-c2ccccc2C4(C)C)C(C)(C)c2cc(N(C)C)ccc21. The molecule has 1 aliphatic carbocycles. The summed E-state index contributed by atoms with van der Waals surface area (Å²) in [6, 6.07) is 20.7. The van der Waals surface area contributed by atoms with E-state index in [0.717, 1.165) is 38.8 Å². The average Bonchev–Trinajstić information content (AvgIpc) is 3.51. The zero-order valence-electron chi connectivity index (χ0n) is 31.3. The average molecular weight is 659 g/mol. The number of fused-ring (bicyclic) bond motifs is 5. The minimum atomic E-state index is -0.712. The van der Waals surface area contributed by atoms with Crippen molar-refractivity contribution in [1.82, 2.24) is 0 Å². The van der Waals surface area contributed by atoms with Crippen molar-refractivity contribution in [3.8, 4) is 11.1 Å². The number of benzene rings is 3. The van der Waals surface area contributed by atoms with Crippen LogP contribution in [0, 0.1) is 0 Å². The lowest BCUT2D eigenvalue weighted by molar-refractivity contribution is -0.438. The summed E-state index contributed by atoms with van der Waals surface area (Å²) in [7, 11) is 4.23. The number of unbranched alkanes of at least 4 members (excludes halogenated alkanes) is 3. The van der Waals surface area contributed by atoms with Crippen molar-refractivity contribution in [3.63, 3.8) is 0 Å². The van der Waals surface area contributed by atoms with E-state index in [4.69, 9.17) is 0 Å². The van der Waals surface area contributed by atoms with Gasteiger partial charge in [0.25, 0.3) is 0 Å². The molecule has 49 heavy (non-hydrogen) atoms. The summed E-state index contributed by atoms with van der Waals surface area (Å²) in [5.74, 6) is -0.712. The van der Waals surface area contributed by atoms with E-state index in [1.807, 2.05) is 0 Å². The molecule has 2 heterocycles. The largest absolute Gasteiger partial charge is 0.481 e. The third kappa shape index (κ3) is 5.93. The van der Waals surface area contributed by atoms with Crippen LogP contribution < -0.4 is 9.80 Å². The molecule has 258 valence electrons. The molecular weight excluding hydrogens is 603 g/mol. The van der Waals surface area contributed by atoms with Crippen molar-refractivity contribution in [2.24, 2.45) is 0 Å². The lowest BCUT2D eigenvalue weighted by atomic mass is 9.79. The number of rotatable bonds is 12.